The summed E-state index contributed by atoms with van der Waals surface area (Å²) in [6, 6.07) is 21.0. The zero-order chi connectivity index (χ0) is 36.8. The molecule has 0 bridgehead atoms. The summed E-state index contributed by atoms with van der Waals surface area (Å²) in [5.74, 6) is -1.43. The minimum atomic E-state index is -4.29. The third kappa shape index (κ3) is 7.73. The normalized spacial score (nSPS) is 21.3. The first-order valence-electron chi connectivity index (χ1n) is 16.4. The van der Waals surface area contributed by atoms with Gasteiger partial charge in [-0.25, -0.2) is 18.0 Å². The number of imide groups is 1. The van der Waals surface area contributed by atoms with E-state index >= 15 is 0 Å². The van der Waals surface area contributed by atoms with Crippen molar-refractivity contribution in [3.8, 4) is 12.3 Å². The Balaban J connectivity index is 1.38. The number of nitrogens with zero attached hydrogens (tertiary/aromatic N) is 2. The van der Waals surface area contributed by atoms with Gasteiger partial charge in [-0.15, -0.1) is 6.42 Å². The number of terminal acetylenes is 1. The standard InChI is InChI=1S/C37H36N4O10S/c1-3-17-40(52(46,47)28-15-13-24(2)14-16-28)23-30-32-29(34(42)41(35(32)43)25-9-5-4-6-10-25)20-31(50-36(44)38-21-26-11-7-18-48-26)33(30)51-37(45)39-22-27-12-8-19-49-27/h1,4-16,18-19,29-33H,17,20-23H2,2H3,(H,38,44)(H,39,45)/t29-,30-,31-,32-,33+/m1/s1. The quantitative estimate of drug-likeness (QED) is 0.159. The highest BCUT2D eigenvalue weighted by molar-refractivity contribution is 7.89. The van der Waals surface area contributed by atoms with Crippen LogP contribution in [0.1, 0.15) is 23.5 Å². The van der Waals surface area contributed by atoms with Crippen molar-refractivity contribution < 1.29 is 45.9 Å². The van der Waals surface area contributed by atoms with E-state index in [1.165, 1.54) is 24.7 Å². The SMILES string of the molecule is C#CCN(C[C@H]1[C@H](OC(=O)NCc2ccco2)[C@H](OC(=O)NCc2ccco2)C[C@H]2C(=O)N(c3ccccc3)C(=O)[C@@H]12)S(=O)(=O)c1ccc(C)cc1. The molecule has 15 heteroatoms. The van der Waals surface area contributed by atoms with Gasteiger partial charge in [-0.1, -0.05) is 41.8 Å². The van der Waals surface area contributed by atoms with Crippen molar-refractivity contribution in [3.05, 3.63) is 108 Å². The molecule has 270 valence electrons. The van der Waals surface area contributed by atoms with Crippen LogP contribution in [0.25, 0.3) is 0 Å². The lowest BCUT2D eigenvalue weighted by atomic mass is 9.70. The maximum absolute atomic E-state index is 14.3. The van der Waals surface area contributed by atoms with Gasteiger partial charge in [0, 0.05) is 18.9 Å². The van der Waals surface area contributed by atoms with E-state index in [-0.39, 0.29) is 24.4 Å². The summed E-state index contributed by atoms with van der Waals surface area (Å²) >= 11 is 0. The molecule has 0 unspecified atom stereocenters. The topological polar surface area (TPSA) is 178 Å². The molecule has 2 N–H and O–H groups in total. The number of sulfonamides is 1. The Morgan fingerprint density at radius 3 is 2.08 bits per heavy atom. The molecule has 3 heterocycles. The molecule has 4 aromatic rings. The lowest BCUT2D eigenvalue weighted by molar-refractivity contribution is -0.137. The minimum Gasteiger partial charge on any atom is -0.467 e. The number of rotatable bonds is 12. The molecule has 1 saturated carbocycles. The number of furan rings is 2. The van der Waals surface area contributed by atoms with Gasteiger partial charge in [0.15, 0.2) is 0 Å². The molecule has 2 fully saturated rings. The fraction of sp³-hybridized carbons (Fsp3) is 0.297. The van der Waals surface area contributed by atoms with Gasteiger partial charge in [0.2, 0.25) is 21.8 Å². The van der Waals surface area contributed by atoms with Crippen molar-refractivity contribution in [1.29, 1.82) is 0 Å². The van der Waals surface area contributed by atoms with E-state index in [1.807, 2.05) is 6.92 Å². The molecule has 52 heavy (non-hydrogen) atoms. The van der Waals surface area contributed by atoms with Crippen LogP contribution in [0.15, 0.2) is 105 Å². The van der Waals surface area contributed by atoms with Crippen LogP contribution >= 0.6 is 0 Å². The number of para-hydroxylation sites is 1. The van der Waals surface area contributed by atoms with Crippen molar-refractivity contribution in [3.63, 3.8) is 0 Å². The molecule has 1 aliphatic heterocycles. The number of alkyl carbamates (subject to hydrolysis) is 2. The Hall–Kier alpha value is -5.85. The predicted molar refractivity (Wildman–Crippen MR) is 184 cm³/mol. The fourth-order valence-electron chi connectivity index (χ4n) is 6.60. The average molecular weight is 729 g/mol. The Morgan fingerprint density at radius 2 is 1.50 bits per heavy atom. The number of amides is 4. The van der Waals surface area contributed by atoms with Crippen LogP contribution in [-0.4, -0.2) is 62.0 Å². The summed E-state index contributed by atoms with van der Waals surface area (Å²) in [6.07, 6.45) is 3.73. The Morgan fingerprint density at radius 1 is 0.885 bits per heavy atom. The summed E-state index contributed by atoms with van der Waals surface area (Å²) in [6.45, 7) is 0.832. The van der Waals surface area contributed by atoms with Gasteiger partial charge < -0.3 is 28.9 Å². The molecule has 1 saturated heterocycles. The van der Waals surface area contributed by atoms with E-state index in [9.17, 15) is 27.6 Å². The highest BCUT2D eigenvalue weighted by Crippen LogP contribution is 2.46. The molecule has 4 amide bonds. The van der Waals surface area contributed by atoms with Crippen LogP contribution in [0.4, 0.5) is 15.3 Å². The largest absolute Gasteiger partial charge is 0.467 e. The van der Waals surface area contributed by atoms with Crippen molar-refractivity contribution in [1.82, 2.24) is 14.9 Å². The molecule has 2 aliphatic rings. The second-order valence-electron chi connectivity index (χ2n) is 12.4. The molecular weight excluding hydrogens is 692 g/mol. The van der Waals surface area contributed by atoms with E-state index in [1.54, 1.807) is 66.7 Å². The van der Waals surface area contributed by atoms with E-state index < -0.39 is 77.1 Å². The van der Waals surface area contributed by atoms with Gasteiger partial charge in [-0.05, 0) is 55.5 Å². The van der Waals surface area contributed by atoms with Gasteiger partial charge in [0.25, 0.3) is 0 Å². The zero-order valence-electron chi connectivity index (χ0n) is 28.0. The molecule has 5 atom stereocenters. The first kappa shape index (κ1) is 36.0. The van der Waals surface area contributed by atoms with E-state index in [0.29, 0.717) is 17.2 Å². The molecule has 2 aromatic carbocycles. The Bertz CT molecular complexity index is 2030. The van der Waals surface area contributed by atoms with E-state index in [4.69, 9.17) is 24.7 Å². The van der Waals surface area contributed by atoms with E-state index in [0.717, 1.165) is 14.8 Å². The number of nitrogens with one attached hydrogen (secondary N) is 2. The summed E-state index contributed by atoms with van der Waals surface area (Å²) < 4.78 is 51.5. The first-order valence-corrected chi connectivity index (χ1v) is 17.9. The van der Waals surface area contributed by atoms with Crippen LogP contribution in [0.5, 0.6) is 0 Å². The van der Waals surface area contributed by atoms with Crippen LogP contribution in [-0.2, 0) is 42.2 Å². The summed E-state index contributed by atoms with van der Waals surface area (Å²) in [4.78, 5) is 56.0. The number of aryl methyl sites for hydroxylation is 1. The zero-order valence-corrected chi connectivity index (χ0v) is 28.9. The van der Waals surface area contributed by atoms with Crippen LogP contribution in [0, 0.1) is 37.0 Å². The van der Waals surface area contributed by atoms with Crippen LogP contribution in [0.2, 0.25) is 0 Å². The second-order valence-corrected chi connectivity index (χ2v) is 14.3. The van der Waals surface area contributed by atoms with Crippen molar-refractivity contribution in [2.45, 2.75) is 43.5 Å². The van der Waals surface area contributed by atoms with Gasteiger partial charge >= 0.3 is 12.2 Å². The van der Waals surface area contributed by atoms with Gasteiger partial charge in [-0.3, -0.25) is 14.5 Å². The molecule has 1 aliphatic carbocycles. The maximum Gasteiger partial charge on any atom is 0.407 e. The number of hydrogen-bond acceptors (Lipinski definition) is 10. The second kappa shape index (κ2) is 15.6. The molecule has 6 rings (SSSR count). The number of benzene rings is 2. The lowest BCUT2D eigenvalue weighted by Crippen LogP contribution is -2.56. The number of carbonyl (C=O) groups excluding carboxylic acids is 4. The van der Waals surface area contributed by atoms with E-state index in [2.05, 4.69) is 16.6 Å². The van der Waals surface area contributed by atoms with Crippen molar-refractivity contribution >= 4 is 39.7 Å². The predicted octanol–water partition coefficient (Wildman–Crippen LogP) is 4.22. The lowest BCUT2D eigenvalue weighted by Gasteiger charge is -2.42. The number of ether oxygens (including phenoxy) is 2. The average Bonchev–Trinajstić information content (AvgIpc) is 3.90. The molecule has 14 nitrogen and oxygen atoms in total. The molecular formula is C37H36N4O10S. The third-order valence-corrected chi connectivity index (χ3v) is 10.9. The number of fused-ring (bicyclic) bond motifs is 1. The third-order valence-electron chi connectivity index (χ3n) is 9.04. The minimum absolute atomic E-state index is 0.0346. The number of carbonyl (C=O) groups is 4. The Kier molecular flexibility index (Phi) is 10.8. The molecule has 2 aromatic heterocycles. The highest BCUT2D eigenvalue weighted by Gasteiger charge is 2.60. The number of hydrogen-bond donors (Lipinski definition) is 2. The number of anilines is 1. The Labute approximate surface area is 300 Å². The molecule has 0 radical (unpaired) electrons. The van der Waals surface area contributed by atoms with Crippen molar-refractivity contribution in [2.75, 3.05) is 18.0 Å². The molecule has 0 spiro atoms. The summed E-state index contributed by atoms with van der Waals surface area (Å²) in [5, 5.41) is 5.15. The fourth-order valence-corrected chi connectivity index (χ4v) is 7.99. The monoisotopic (exact) mass is 728 g/mol. The summed E-state index contributed by atoms with van der Waals surface area (Å²) in [5.41, 5.74) is 1.13. The highest BCUT2D eigenvalue weighted by atomic mass is 32.2. The van der Waals surface area contributed by atoms with Crippen LogP contribution < -0.4 is 15.5 Å². The summed E-state index contributed by atoms with van der Waals surface area (Å²) in [7, 11) is -4.29. The van der Waals surface area contributed by atoms with Gasteiger partial charge in [0.1, 0.15) is 23.7 Å². The van der Waals surface area contributed by atoms with Crippen LogP contribution in [0.3, 0.4) is 0 Å². The first-order chi connectivity index (χ1) is 25.1. The van der Waals surface area contributed by atoms with Crippen molar-refractivity contribution in [2.24, 2.45) is 17.8 Å². The van der Waals surface area contributed by atoms with Gasteiger partial charge in [-0.2, -0.15) is 4.31 Å². The smallest absolute Gasteiger partial charge is 0.407 e. The van der Waals surface area contributed by atoms with Gasteiger partial charge in [0.05, 0.1) is 54.6 Å². The maximum atomic E-state index is 14.3.